The van der Waals surface area contributed by atoms with Gasteiger partial charge in [-0.25, -0.2) is 4.39 Å². The Morgan fingerprint density at radius 1 is 1.56 bits per heavy atom. The highest BCUT2D eigenvalue weighted by Gasteiger charge is 2.06. The van der Waals surface area contributed by atoms with E-state index in [-0.39, 0.29) is 22.8 Å². The van der Waals surface area contributed by atoms with E-state index in [4.69, 9.17) is 5.26 Å². The highest BCUT2D eigenvalue weighted by Crippen LogP contribution is 2.24. The molecule has 1 heterocycles. The largest absolute Gasteiger partial charge is 0.506 e. The number of aromatic hydroxyl groups is 1. The molecule has 0 atom stereocenters. The van der Waals surface area contributed by atoms with E-state index >= 15 is 0 Å². The molecule has 8 heteroatoms. The van der Waals surface area contributed by atoms with Gasteiger partial charge in [0, 0.05) is 12.3 Å². The molecule has 0 saturated carbocycles. The third-order valence-electron chi connectivity index (χ3n) is 2.04. The number of aromatic nitrogens is 4. The number of nitrogens with zero attached hydrogens (tertiary/aromatic N) is 4. The van der Waals surface area contributed by atoms with Crippen LogP contribution < -0.4 is 5.32 Å². The summed E-state index contributed by atoms with van der Waals surface area (Å²) in [6, 6.07) is 5.26. The number of nitrogens with one attached hydrogen (secondary N) is 2. The van der Waals surface area contributed by atoms with Crippen molar-refractivity contribution < 1.29 is 9.50 Å². The Labute approximate surface area is 101 Å². The Hall–Kier alpha value is -2.95. The Morgan fingerprint density at radius 3 is 3.06 bits per heavy atom. The van der Waals surface area contributed by atoms with Crippen molar-refractivity contribution in [3.8, 4) is 11.8 Å². The van der Waals surface area contributed by atoms with Gasteiger partial charge in [-0.05, 0) is 17.3 Å². The van der Waals surface area contributed by atoms with Gasteiger partial charge in [0.05, 0.1) is 5.69 Å². The van der Waals surface area contributed by atoms with Crippen molar-refractivity contribution in [3.05, 3.63) is 36.0 Å². The Kier molecular flexibility index (Phi) is 3.15. The molecule has 0 aliphatic rings. The first kappa shape index (κ1) is 11.5. The maximum Gasteiger partial charge on any atom is 0.216 e. The summed E-state index contributed by atoms with van der Waals surface area (Å²) in [6.07, 6.45) is 1.25. The molecule has 1 aromatic carbocycles. The summed E-state index contributed by atoms with van der Waals surface area (Å²) in [6.45, 7) is 0. The second-order valence-corrected chi connectivity index (χ2v) is 3.21. The number of aromatic amines is 1. The number of allylic oxidation sites excluding steroid dienone is 1. The molecule has 90 valence electrons. The zero-order valence-electron chi connectivity index (χ0n) is 8.92. The SMILES string of the molecule is N#CC(=CNc1cc(F)ccc1O)c1nn[nH]n1. The summed E-state index contributed by atoms with van der Waals surface area (Å²) < 4.78 is 13.0. The molecule has 0 amide bonds. The van der Waals surface area contributed by atoms with E-state index in [0.29, 0.717) is 0 Å². The number of rotatable bonds is 3. The third kappa shape index (κ3) is 2.41. The first-order valence-electron chi connectivity index (χ1n) is 4.80. The normalized spacial score (nSPS) is 11.0. The molecule has 1 aromatic heterocycles. The van der Waals surface area contributed by atoms with Crippen LogP contribution in [0.1, 0.15) is 5.82 Å². The minimum absolute atomic E-state index is 0.0902. The van der Waals surface area contributed by atoms with Crippen molar-refractivity contribution in [2.75, 3.05) is 5.32 Å². The summed E-state index contributed by atoms with van der Waals surface area (Å²) in [4.78, 5) is 0. The van der Waals surface area contributed by atoms with E-state index in [1.54, 1.807) is 0 Å². The van der Waals surface area contributed by atoms with Crippen LogP contribution in [0.2, 0.25) is 0 Å². The van der Waals surface area contributed by atoms with Crippen LogP contribution in [0.25, 0.3) is 5.57 Å². The first-order chi connectivity index (χ1) is 8.70. The van der Waals surface area contributed by atoms with Gasteiger partial charge < -0.3 is 10.4 Å². The van der Waals surface area contributed by atoms with Gasteiger partial charge in [-0.15, -0.1) is 10.2 Å². The second kappa shape index (κ2) is 4.92. The van der Waals surface area contributed by atoms with Crippen molar-refractivity contribution in [1.82, 2.24) is 20.6 Å². The molecule has 0 unspecified atom stereocenters. The molecule has 3 N–H and O–H groups in total. The molecule has 7 nitrogen and oxygen atoms in total. The van der Waals surface area contributed by atoms with Gasteiger partial charge in [-0.1, -0.05) is 0 Å². The number of anilines is 1. The minimum Gasteiger partial charge on any atom is -0.506 e. The first-order valence-corrected chi connectivity index (χ1v) is 4.80. The van der Waals surface area contributed by atoms with Crippen molar-refractivity contribution in [2.24, 2.45) is 0 Å². The van der Waals surface area contributed by atoms with Gasteiger partial charge in [-0.2, -0.15) is 10.5 Å². The Morgan fingerprint density at radius 2 is 2.39 bits per heavy atom. The zero-order valence-corrected chi connectivity index (χ0v) is 8.92. The fourth-order valence-electron chi connectivity index (χ4n) is 1.20. The number of nitriles is 1. The lowest BCUT2D eigenvalue weighted by molar-refractivity contribution is 0.475. The summed E-state index contributed by atoms with van der Waals surface area (Å²) in [5.41, 5.74) is 0.221. The van der Waals surface area contributed by atoms with E-state index in [9.17, 15) is 9.50 Å². The van der Waals surface area contributed by atoms with Gasteiger partial charge in [0.2, 0.25) is 5.82 Å². The van der Waals surface area contributed by atoms with Crippen molar-refractivity contribution >= 4 is 11.3 Å². The van der Waals surface area contributed by atoms with Crippen LogP contribution >= 0.6 is 0 Å². The Bertz CT molecular complexity index is 616. The highest BCUT2D eigenvalue weighted by atomic mass is 19.1. The average molecular weight is 246 g/mol. The van der Waals surface area contributed by atoms with Crippen LogP contribution in [0.3, 0.4) is 0 Å². The summed E-state index contributed by atoms with van der Waals surface area (Å²) in [7, 11) is 0. The molecule has 0 aliphatic heterocycles. The van der Waals surface area contributed by atoms with E-state index < -0.39 is 5.82 Å². The van der Waals surface area contributed by atoms with Crippen molar-refractivity contribution in [1.29, 1.82) is 5.26 Å². The number of phenols is 1. The molecule has 0 bridgehead atoms. The number of H-pyrrole nitrogens is 1. The monoisotopic (exact) mass is 246 g/mol. The fourth-order valence-corrected chi connectivity index (χ4v) is 1.20. The van der Waals surface area contributed by atoms with Gasteiger partial charge in [0.1, 0.15) is 23.2 Å². The highest BCUT2D eigenvalue weighted by molar-refractivity contribution is 5.74. The molecule has 2 aromatic rings. The number of phenolic OH excluding ortho intramolecular Hbond substituents is 1. The average Bonchev–Trinajstić information content (AvgIpc) is 2.88. The van der Waals surface area contributed by atoms with Gasteiger partial charge in [0.15, 0.2) is 0 Å². The van der Waals surface area contributed by atoms with Crippen molar-refractivity contribution in [2.45, 2.75) is 0 Å². The van der Waals surface area contributed by atoms with Crippen LogP contribution in [-0.2, 0) is 0 Å². The number of benzene rings is 1. The maximum atomic E-state index is 13.0. The van der Waals surface area contributed by atoms with Crippen LogP contribution in [0.4, 0.5) is 10.1 Å². The molecule has 0 saturated heterocycles. The summed E-state index contributed by atoms with van der Waals surface area (Å²) >= 11 is 0. The summed E-state index contributed by atoms with van der Waals surface area (Å²) in [5, 5.41) is 33.7. The zero-order chi connectivity index (χ0) is 13.0. The van der Waals surface area contributed by atoms with Crippen molar-refractivity contribution in [3.63, 3.8) is 0 Å². The Balaban J connectivity index is 2.24. The lowest BCUT2D eigenvalue weighted by Crippen LogP contribution is -1.94. The number of hydrogen-bond acceptors (Lipinski definition) is 6. The van der Waals surface area contributed by atoms with E-state index in [1.165, 1.54) is 12.3 Å². The lowest BCUT2D eigenvalue weighted by Gasteiger charge is -2.03. The quantitative estimate of drug-likeness (QED) is 0.550. The standard InChI is InChI=1S/C10H7FN6O/c11-7-1-2-9(18)8(3-7)13-5-6(4-12)10-14-16-17-15-10/h1-3,5,13,18H,(H,14,15,16,17). The molecule has 0 aliphatic carbocycles. The van der Waals surface area contributed by atoms with Crippen LogP contribution in [0.15, 0.2) is 24.4 Å². The van der Waals surface area contributed by atoms with E-state index in [1.807, 2.05) is 6.07 Å². The number of hydrogen-bond donors (Lipinski definition) is 3. The van der Waals surface area contributed by atoms with Crippen LogP contribution in [0.5, 0.6) is 5.75 Å². The van der Waals surface area contributed by atoms with E-state index in [0.717, 1.165) is 12.1 Å². The topological polar surface area (TPSA) is 111 Å². The maximum absolute atomic E-state index is 13.0. The summed E-state index contributed by atoms with van der Waals surface area (Å²) in [5.74, 6) is -0.555. The molecule has 18 heavy (non-hydrogen) atoms. The minimum atomic E-state index is -0.512. The smallest absolute Gasteiger partial charge is 0.216 e. The third-order valence-corrected chi connectivity index (χ3v) is 2.04. The van der Waals surface area contributed by atoms with E-state index in [2.05, 4.69) is 25.9 Å². The fraction of sp³-hybridized carbons (Fsp3) is 0. The van der Waals surface area contributed by atoms with Gasteiger partial charge in [-0.3, -0.25) is 0 Å². The van der Waals surface area contributed by atoms with Crippen LogP contribution in [0, 0.1) is 17.1 Å². The lowest BCUT2D eigenvalue weighted by atomic mass is 10.2. The number of tetrazole rings is 1. The predicted molar refractivity (Wildman–Crippen MR) is 59.5 cm³/mol. The number of halogens is 1. The molecule has 0 spiro atoms. The molecule has 2 rings (SSSR count). The molecule has 0 radical (unpaired) electrons. The predicted octanol–water partition coefficient (Wildman–Crippen LogP) is 1.02. The molecular formula is C10H7FN6O. The molecule has 0 fully saturated rings. The second-order valence-electron chi connectivity index (χ2n) is 3.21. The van der Waals surface area contributed by atoms with Crippen LogP contribution in [-0.4, -0.2) is 25.7 Å². The van der Waals surface area contributed by atoms with Gasteiger partial charge >= 0.3 is 0 Å². The van der Waals surface area contributed by atoms with Gasteiger partial charge in [0.25, 0.3) is 0 Å². The molecular weight excluding hydrogens is 239 g/mol.